The minimum Gasteiger partial charge on any atom is -0.372 e. The number of hydrogen-bond acceptors (Lipinski definition) is 4. The Hall–Kier alpha value is -0.780. The number of anilines is 1. The smallest absolute Gasteiger partial charge is 0.261 e. The van der Waals surface area contributed by atoms with Crippen molar-refractivity contribution in [3.63, 3.8) is 0 Å². The zero-order valence-corrected chi connectivity index (χ0v) is 8.82. The topological polar surface area (TPSA) is 58.2 Å². The highest BCUT2D eigenvalue weighted by Crippen LogP contribution is 2.24. The van der Waals surface area contributed by atoms with Gasteiger partial charge in [-0.1, -0.05) is 6.07 Å². The van der Waals surface area contributed by atoms with Crippen molar-refractivity contribution in [2.75, 3.05) is 12.0 Å². The first-order valence-electron chi connectivity index (χ1n) is 4.09. The number of benzene rings is 1. The SMILES string of the molecule is O=S(=O)(Cl)c1ccc2c(c1)NCNC2. The Labute approximate surface area is 86.7 Å². The maximum atomic E-state index is 11.0. The van der Waals surface area contributed by atoms with Crippen molar-refractivity contribution >= 4 is 25.4 Å². The Morgan fingerprint density at radius 2 is 2.14 bits per heavy atom. The van der Waals surface area contributed by atoms with E-state index >= 15 is 0 Å². The molecule has 1 aliphatic heterocycles. The normalized spacial score (nSPS) is 15.8. The molecular formula is C8H9ClN2O2S. The summed E-state index contributed by atoms with van der Waals surface area (Å²) in [4.78, 5) is 0.132. The third-order valence-electron chi connectivity index (χ3n) is 2.08. The zero-order valence-electron chi connectivity index (χ0n) is 7.25. The van der Waals surface area contributed by atoms with Crippen molar-refractivity contribution in [1.82, 2.24) is 5.32 Å². The molecule has 2 N–H and O–H groups in total. The maximum Gasteiger partial charge on any atom is 0.261 e. The minimum absolute atomic E-state index is 0.132. The van der Waals surface area contributed by atoms with Crippen LogP contribution in [0.5, 0.6) is 0 Å². The van der Waals surface area contributed by atoms with Crippen LogP contribution >= 0.6 is 10.7 Å². The Morgan fingerprint density at radius 1 is 1.36 bits per heavy atom. The van der Waals surface area contributed by atoms with Crippen molar-refractivity contribution < 1.29 is 8.42 Å². The largest absolute Gasteiger partial charge is 0.372 e. The van der Waals surface area contributed by atoms with Crippen LogP contribution in [-0.4, -0.2) is 15.1 Å². The second-order valence-electron chi connectivity index (χ2n) is 3.04. The monoisotopic (exact) mass is 232 g/mol. The molecule has 14 heavy (non-hydrogen) atoms. The predicted molar refractivity (Wildman–Crippen MR) is 54.8 cm³/mol. The lowest BCUT2D eigenvalue weighted by atomic mass is 10.1. The minimum atomic E-state index is -3.62. The second-order valence-corrected chi connectivity index (χ2v) is 5.60. The molecule has 0 spiro atoms. The van der Waals surface area contributed by atoms with Gasteiger partial charge in [0, 0.05) is 22.9 Å². The molecule has 6 heteroatoms. The number of fused-ring (bicyclic) bond motifs is 1. The van der Waals surface area contributed by atoms with Gasteiger partial charge in [0.05, 0.1) is 11.6 Å². The van der Waals surface area contributed by atoms with Gasteiger partial charge in [0.25, 0.3) is 9.05 Å². The lowest BCUT2D eigenvalue weighted by Gasteiger charge is -2.19. The summed E-state index contributed by atoms with van der Waals surface area (Å²) < 4.78 is 22.1. The number of nitrogens with one attached hydrogen (secondary N) is 2. The molecule has 0 amide bonds. The van der Waals surface area contributed by atoms with E-state index in [2.05, 4.69) is 10.6 Å². The lowest BCUT2D eigenvalue weighted by molar-refractivity contribution is 0.609. The summed E-state index contributed by atoms with van der Waals surface area (Å²) >= 11 is 0. The van der Waals surface area contributed by atoms with E-state index in [4.69, 9.17) is 10.7 Å². The standard InChI is InChI=1S/C8H9ClN2O2S/c9-14(12,13)7-2-1-6-4-10-5-11-8(6)3-7/h1-3,10-11H,4-5H2. The van der Waals surface area contributed by atoms with Crippen LogP contribution in [0.4, 0.5) is 5.69 Å². The fourth-order valence-electron chi connectivity index (χ4n) is 1.38. The van der Waals surface area contributed by atoms with Crippen molar-refractivity contribution in [2.45, 2.75) is 11.4 Å². The Balaban J connectivity index is 2.49. The number of hydrogen-bond donors (Lipinski definition) is 2. The molecule has 0 radical (unpaired) electrons. The van der Waals surface area contributed by atoms with Gasteiger partial charge in [-0.15, -0.1) is 0 Å². The molecule has 1 heterocycles. The summed E-state index contributed by atoms with van der Waals surface area (Å²) in [6.07, 6.45) is 0. The third-order valence-corrected chi connectivity index (χ3v) is 3.43. The van der Waals surface area contributed by atoms with Gasteiger partial charge in [0.15, 0.2) is 0 Å². The van der Waals surface area contributed by atoms with Gasteiger partial charge in [-0.05, 0) is 17.7 Å². The lowest BCUT2D eigenvalue weighted by Crippen LogP contribution is -2.27. The predicted octanol–water partition coefficient (Wildman–Crippen LogP) is 1.09. The Bertz CT molecular complexity index is 458. The van der Waals surface area contributed by atoms with Gasteiger partial charge in [-0.25, -0.2) is 8.42 Å². The molecule has 0 fully saturated rings. The van der Waals surface area contributed by atoms with E-state index in [0.717, 1.165) is 17.8 Å². The van der Waals surface area contributed by atoms with Crippen molar-refractivity contribution in [3.05, 3.63) is 23.8 Å². The van der Waals surface area contributed by atoms with Gasteiger partial charge < -0.3 is 5.32 Å². The second kappa shape index (κ2) is 3.42. The van der Waals surface area contributed by atoms with E-state index in [-0.39, 0.29) is 4.90 Å². The van der Waals surface area contributed by atoms with Crippen LogP contribution in [0, 0.1) is 0 Å². The van der Waals surface area contributed by atoms with Crippen molar-refractivity contribution in [3.8, 4) is 0 Å². The molecule has 1 aliphatic rings. The molecule has 0 unspecified atom stereocenters. The van der Waals surface area contributed by atoms with Crippen LogP contribution in [0.1, 0.15) is 5.56 Å². The van der Waals surface area contributed by atoms with E-state index in [1.807, 2.05) is 0 Å². The third kappa shape index (κ3) is 1.84. The Kier molecular flexibility index (Phi) is 2.38. The van der Waals surface area contributed by atoms with Gasteiger partial charge in [-0.2, -0.15) is 0 Å². The summed E-state index contributed by atoms with van der Waals surface area (Å²) in [6, 6.07) is 4.82. The van der Waals surface area contributed by atoms with Gasteiger partial charge in [-0.3, -0.25) is 5.32 Å². The highest BCUT2D eigenvalue weighted by Gasteiger charge is 2.14. The summed E-state index contributed by atoms with van der Waals surface area (Å²) in [5, 5.41) is 6.15. The molecule has 0 saturated heterocycles. The number of halogens is 1. The van der Waals surface area contributed by atoms with E-state index in [1.165, 1.54) is 6.07 Å². The van der Waals surface area contributed by atoms with Crippen LogP contribution in [-0.2, 0) is 15.6 Å². The van der Waals surface area contributed by atoms with Crippen molar-refractivity contribution in [2.24, 2.45) is 0 Å². The fourth-order valence-corrected chi connectivity index (χ4v) is 2.16. The fraction of sp³-hybridized carbons (Fsp3) is 0.250. The van der Waals surface area contributed by atoms with E-state index in [0.29, 0.717) is 6.67 Å². The van der Waals surface area contributed by atoms with Crippen LogP contribution in [0.2, 0.25) is 0 Å². The Morgan fingerprint density at radius 3 is 2.86 bits per heavy atom. The molecule has 0 atom stereocenters. The summed E-state index contributed by atoms with van der Waals surface area (Å²) in [7, 11) is 1.61. The first-order chi connectivity index (χ1) is 6.57. The average Bonchev–Trinajstić information content (AvgIpc) is 2.16. The molecule has 1 aromatic carbocycles. The van der Waals surface area contributed by atoms with Gasteiger partial charge >= 0.3 is 0 Å². The quantitative estimate of drug-likeness (QED) is 0.712. The van der Waals surface area contributed by atoms with Crippen LogP contribution in [0.15, 0.2) is 23.1 Å². The van der Waals surface area contributed by atoms with Crippen LogP contribution in [0.25, 0.3) is 0 Å². The van der Waals surface area contributed by atoms with E-state index in [1.54, 1.807) is 12.1 Å². The zero-order chi connectivity index (χ0) is 10.2. The van der Waals surface area contributed by atoms with Gasteiger partial charge in [0.2, 0.25) is 0 Å². The molecular weight excluding hydrogens is 224 g/mol. The summed E-state index contributed by atoms with van der Waals surface area (Å²) in [6.45, 7) is 1.38. The molecule has 0 aromatic heterocycles. The first kappa shape index (κ1) is 9.76. The molecule has 2 rings (SSSR count). The molecule has 0 saturated carbocycles. The maximum absolute atomic E-state index is 11.0. The van der Waals surface area contributed by atoms with Crippen molar-refractivity contribution in [1.29, 1.82) is 0 Å². The average molecular weight is 233 g/mol. The van der Waals surface area contributed by atoms with Gasteiger partial charge in [0.1, 0.15) is 0 Å². The molecule has 76 valence electrons. The highest BCUT2D eigenvalue weighted by molar-refractivity contribution is 8.13. The summed E-state index contributed by atoms with van der Waals surface area (Å²) in [5.41, 5.74) is 1.87. The van der Waals surface area contributed by atoms with Crippen LogP contribution in [0.3, 0.4) is 0 Å². The van der Waals surface area contributed by atoms with E-state index < -0.39 is 9.05 Å². The molecule has 1 aromatic rings. The number of rotatable bonds is 1. The highest BCUT2D eigenvalue weighted by atomic mass is 35.7. The van der Waals surface area contributed by atoms with Crippen LogP contribution < -0.4 is 10.6 Å². The summed E-state index contributed by atoms with van der Waals surface area (Å²) in [5.74, 6) is 0. The first-order valence-corrected chi connectivity index (χ1v) is 6.40. The van der Waals surface area contributed by atoms with E-state index in [9.17, 15) is 8.42 Å². The molecule has 4 nitrogen and oxygen atoms in total. The molecule has 0 aliphatic carbocycles. The molecule has 0 bridgehead atoms.